The highest BCUT2D eigenvalue weighted by Crippen LogP contribution is 2.12. The van der Waals surface area contributed by atoms with Crippen molar-refractivity contribution >= 4 is 40.1 Å². The molecule has 6 heteroatoms. The van der Waals surface area contributed by atoms with Gasteiger partial charge in [0.2, 0.25) is 11.8 Å². The maximum atomic E-state index is 11.9. The summed E-state index contributed by atoms with van der Waals surface area (Å²) in [5.74, 6) is -0.227. The Hall–Kier alpha value is -1.15. The van der Waals surface area contributed by atoms with Gasteiger partial charge in [0, 0.05) is 14.8 Å². The van der Waals surface area contributed by atoms with E-state index in [1.54, 1.807) is 11.9 Å². The zero-order valence-corrected chi connectivity index (χ0v) is 15.0. The van der Waals surface area contributed by atoms with Crippen LogP contribution in [-0.4, -0.2) is 42.4 Å². The molecule has 0 saturated heterocycles. The molecule has 0 unspecified atom stereocenters. The number of hydrogen-bond donors (Lipinski definition) is 2. The first-order valence-corrected chi connectivity index (χ1v) is 7.78. The second-order valence-electron chi connectivity index (χ2n) is 6.03. The summed E-state index contributed by atoms with van der Waals surface area (Å²) in [7, 11) is 1.75. The van der Waals surface area contributed by atoms with Crippen LogP contribution in [0, 0.1) is 3.57 Å². The molecule has 0 saturated carbocycles. The van der Waals surface area contributed by atoms with Gasteiger partial charge in [0.15, 0.2) is 0 Å². The summed E-state index contributed by atoms with van der Waals surface area (Å²) in [5.41, 5.74) is 0.500. The van der Waals surface area contributed by atoms with Crippen LogP contribution < -0.4 is 10.6 Å². The molecule has 0 bridgehead atoms. The molecule has 1 rings (SSSR count). The Bertz CT molecular complexity index is 512. The standard InChI is InChI=1S/C15H22IN3O2/c1-15(2,3)18-14(21)10-19(4)9-13(20)17-12-7-5-6-11(16)8-12/h5-8H,9-10H2,1-4H3,(H,17,20)(H,18,21). The van der Waals surface area contributed by atoms with Crippen LogP contribution in [0.1, 0.15) is 20.8 Å². The smallest absolute Gasteiger partial charge is 0.238 e. The Morgan fingerprint density at radius 1 is 1.19 bits per heavy atom. The van der Waals surface area contributed by atoms with Gasteiger partial charge < -0.3 is 10.6 Å². The zero-order chi connectivity index (χ0) is 16.0. The third-order valence-electron chi connectivity index (χ3n) is 2.45. The second-order valence-corrected chi connectivity index (χ2v) is 7.27. The maximum Gasteiger partial charge on any atom is 0.238 e. The first kappa shape index (κ1) is 17.9. The average molecular weight is 403 g/mol. The minimum Gasteiger partial charge on any atom is -0.350 e. The van der Waals surface area contributed by atoms with Crippen molar-refractivity contribution in [1.82, 2.24) is 10.2 Å². The predicted octanol–water partition coefficient (Wildman–Crippen LogP) is 2.08. The van der Waals surface area contributed by atoms with Crippen LogP contribution in [0.5, 0.6) is 0 Å². The molecule has 0 heterocycles. The van der Waals surface area contributed by atoms with Crippen LogP contribution in [0.4, 0.5) is 5.69 Å². The summed E-state index contributed by atoms with van der Waals surface area (Å²) in [6.45, 7) is 6.14. The molecule has 116 valence electrons. The van der Waals surface area contributed by atoms with E-state index in [4.69, 9.17) is 0 Å². The van der Waals surface area contributed by atoms with Crippen molar-refractivity contribution in [2.24, 2.45) is 0 Å². The lowest BCUT2D eigenvalue weighted by molar-refractivity contribution is -0.124. The molecule has 21 heavy (non-hydrogen) atoms. The maximum absolute atomic E-state index is 11.9. The molecule has 0 aliphatic rings. The fourth-order valence-electron chi connectivity index (χ4n) is 1.77. The first-order valence-electron chi connectivity index (χ1n) is 6.71. The van der Waals surface area contributed by atoms with Gasteiger partial charge in [-0.2, -0.15) is 0 Å². The highest BCUT2D eigenvalue weighted by Gasteiger charge is 2.16. The molecule has 1 aromatic carbocycles. The molecular formula is C15H22IN3O2. The van der Waals surface area contributed by atoms with E-state index in [9.17, 15) is 9.59 Å². The summed E-state index contributed by atoms with van der Waals surface area (Å²) in [6.07, 6.45) is 0. The quantitative estimate of drug-likeness (QED) is 0.741. The van der Waals surface area contributed by atoms with Gasteiger partial charge in [-0.05, 0) is 68.6 Å². The largest absolute Gasteiger partial charge is 0.350 e. The highest BCUT2D eigenvalue weighted by atomic mass is 127. The van der Waals surface area contributed by atoms with Crippen LogP contribution in [0.2, 0.25) is 0 Å². The lowest BCUT2D eigenvalue weighted by Crippen LogP contribution is -2.46. The summed E-state index contributed by atoms with van der Waals surface area (Å²) in [5, 5.41) is 5.69. The topological polar surface area (TPSA) is 61.4 Å². The Kier molecular flexibility index (Phi) is 6.60. The van der Waals surface area contributed by atoms with Gasteiger partial charge in [-0.3, -0.25) is 14.5 Å². The predicted molar refractivity (Wildman–Crippen MR) is 93.2 cm³/mol. The number of amides is 2. The molecule has 0 fully saturated rings. The third-order valence-corrected chi connectivity index (χ3v) is 3.12. The van der Waals surface area contributed by atoms with Gasteiger partial charge in [-0.15, -0.1) is 0 Å². The summed E-state index contributed by atoms with van der Waals surface area (Å²) < 4.78 is 1.06. The van der Waals surface area contributed by atoms with Crippen LogP contribution in [0.25, 0.3) is 0 Å². The lowest BCUT2D eigenvalue weighted by atomic mass is 10.1. The number of nitrogens with one attached hydrogen (secondary N) is 2. The number of hydrogen-bond acceptors (Lipinski definition) is 3. The van der Waals surface area contributed by atoms with Crippen LogP contribution in [0.3, 0.4) is 0 Å². The molecule has 0 aliphatic carbocycles. The van der Waals surface area contributed by atoms with E-state index >= 15 is 0 Å². The van der Waals surface area contributed by atoms with Gasteiger partial charge in [0.05, 0.1) is 13.1 Å². The van der Waals surface area contributed by atoms with Crippen molar-refractivity contribution in [3.63, 3.8) is 0 Å². The van der Waals surface area contributed by atoms with E-state index in [2.05, 4.69) is 33.2 Å². The minimum absolute atomic E-state index is 0.0907. The second kappa shape index (κ2) is 7.74. The van der Waals surface area contributed by atoms with E-state index in [0.717, 1.165) is 9.26 Å². The Morgan fingerprint density at radius 3 is 2.38 bits per heavy atom. The van der Waals surface area contributed by atoms with E-state index in [-0.39, 0.29) is 30.4 Å². The van der Waals surface area contributed by atoms with Gasteiger partial charge in [-0.1, -0.05) is 6.07 Å². The number of nitrogens with zero attached hydrogens (tertiary/aromatic N) is 1. The zero-order valence-electron chi connectivity index (χ0n) is 12.9. The van der Waals surface area contributed by atoms with Crippen molar-refractivity contribution in [1.29, 1.82) is 0 Å². The Labute approximate surface area is 139 Å². The molecule has 0 aromatic heterocycles. The molecule has 0 radical (unpaired) electrons. The number of benzene rings is 1. The van der Waals surface area contributed by atoms with Gasteiger partial charge in [0.1, 0.15) is 0 Å². The van der Waals surface area contributed by atoms with E-state index in [1.165, 1.54) is 0 Å². The van der Waals surface area contributed by atoms with E-state index in [1.807, 2.05) is 45.0 Å². The molecule has 0 atom stereocenters. The van der Waals surface area contributed by atoms with E-state index < -0.39 is 0 Å². The van der Waals surface area contributed by atoms with Crippen molar-refractivity contribution in [2.75, 3.05) is 25.5 Å². The van der Waals surface area contributed by atoms with Crippen molar-refractivity contribution in [3.05, 3.63) is 27.8 Å². The van der Waals surface area contributed by atoms with Crippen molar-refractivity contribution < 1.29 is 9.59 Å². The number of likely N-dealkylation sites (N-methyl/N-ethyl adjacent to an activating group) is 1. The highest BCUT2D eigenvalue weighted by molar-refractivity contribution is 14.1. The molecule has 2 amide bonds. The molecule has 1 aromatic rings. The normalized spacial score (nSPS) is 11.3. The third kappa shape index (κ3) is 8.01. The minimum atomic E-state index is -0.263. The number of carbonyl (C=O) groups excluding carboxylic acids is 2. The van der Waals surface area contributed by atoms with Crippen LogP contribution >= 0.6 is 22.6 Å². The van der Waals surface area contributed by atoms with Gasteiger partial charge in [-0.25, -0.2) is 0 Å². The molecule has 0 aliphatic heterocycles. The van der Waals surface area contributed by atoms with E-state index in [0.29, 0.717) is 0 Å². The Balaban J connectivity index is 2.42. The number of anilines is 1. The van der Waals surface area contributed by atoms with Crippen LogP contribution in [0.15, 0.2) is 24.3 Å². The summed E-state index contributed by atoms with van der Waals surface area (Å²) in [6, 6.07) is 7.58. The fourth-order valence-corrected chi connectivity index (χ4v) is 2.31. The number of rotatable bonds is 5. The number of halogens is 1. The monoisotopic (exact) mass is 403 g/mol. The lowest BCUT2D eigenvalue weighted by Gasteiger charge is -2.23. The van der Waals surface area contributed by atoms with Crippen molar-refractivity contribution in [2.45, 2.75) is 26.3 Å². The summed E-state index contributed by atoms with van der Waals surface area (Å²) >= 11 is 2.19. The molecule has 5 nitrogen and oxygen atoms in total. The molecular weight excluding hydrogens is 381 g/mol. The van der Waals surface area contributed by atoms with Gasteiger partial charge >= 0.3 is 0 Å². The Morgan fingerprint density at radius 2 is 1.81 bits per heavy atom. The van der Waals surface area contributed by atoms with Crippen molar-refractivity contribution in [3.8, 4) is 0 Å². The molecule has 0 spiro atoms. The first-order chi connectivity index (χ1) is 9.65. The SMILES string of the molecule is CN(CC(=O)Nc1cccc(I)c1)CC(=O)NC(C)(C)C. The summed E-state index contributed by atoms with van der Waals surface area (Å²) in [4.78, 5) is 25.4. The fraction of sp³-hybridized carbons (Fsp3) is 0.467. The van der Waals surface area contributed by atoms with Crippen LogP contribution in [-0.2, 0) is 9.59 Å². The number of carbonyl (C=O) groups is 2. The molecule has 2 N–H and O–H groups in total. The average Bonchev–Trinajstić information content (AvgIpc) is 2.24. The van der Waals surface area contributed by atoms with Gasteiger partial charge in [0.25, 0.3) is 0 Å².